The Bertz CT molecular complexity index is 326. The summed E-state index contributed by atoms with van der Waals surface area (Å²) >= 11 is 0. The van der Waals surface area contributed by atoms with Gasteiger partial charge in [-0.15, -0.1) is 0 Å². The average molecular weight is 237 g/mol. The zero-order chi connectivity index (χ0) is 12.7. The molecule has 0 bridgehead atoms. The van der Waals surface area contributed by atoms with Gasteiger partial charge in [0.25, 0.3) is 0 Å². The predicted octanol–water partition coefficient (Wildman–Crippen LogP) is 2.50. The van der Waals surface area contributed by atoms with Gasteiger partial charge in [-0.1, -0.05) is 26.0 Å². The second-order valence-corrected chi connectivity index (χ2v) is 4.79. The number of methoxy groups -OCH3 is 1. The summed E-state index contributed by atoms with van der Waals surface area (Å²) in [4.78, 5) is 2.35. The fourth-order valence-electron chi connectivity index (χ4n) is 1.88. The van der Waals surface area contributed by atoms with Gasteiger partial charge in [0.2, 0.25) is 0 Å². The summed E-state index contributed by atoms with van der Waals surface area (Å²) in [5.74, 6) is 0.961. The summed E-state index contributed by atoms with van der Waals surface area (Å²) < 4.78 is 5.12. The van der Waals surface area contributed by atoms with Crippen molar-refractivity contribution in [2.75, 3.05) is 26.8 Å². The maximum atomic E-state index is 9.44. The van der Waals surface area contributed by atoms with Crippen molar-refractivity contribution in [3.63, 3.8) is 0 Å². The lowest BCUT2D eigenvalue weighted by molar-refractivity contribution is 0.136. The molecule has 0 fully saturated rings. The molecule has 0 aliphatic rings. The molecule has 3 nitrogen and oxygen atoms in total. The van der Waals surface area contributed by atoms with E-state index in [1.807, 2.05) is 18.2 Å². The number of hydrogen-bond acceptors (Lipinski definition) is 3. The number of nitrogens with zero attached hydrogens (tertiary/aromatic N) is 1. The van der Waals surface area contributed by atoms with E-state index in [1.165, 1.54) is 0 Å². The largest absolute Gasteiger partial charge is 0.508 e. The lowest BCUT2D eigenvalue weighted by Gasteiger charge is -2.24. The summed E-state index contributed by atoms with van der Waals surface area (Å²) in [5.41, 5.74) is 1.14. The number of phenolic OH excluding ortho intramolecular Hbond substituents is 1. The molecule has 0 atom stereocenters. The van der Waals surface area contributed by atoms with E-state index >= 15 is 0 Å². The number of phenols is 1. The minimum Gasteiger partial charge on any atom is -0.508 e. The van der Waals surface area contributed by atoms with Crippen molar-refractivity contribution < 1.29 is 9.84 Å². The molecular formula is C14H23NO2. The average Bonchev–Trinajstić information content (AvgIpc) is 2.25. The highest BCUT2D eigenvalue weighted by Gasteiger charge is 2.08. The maximum absolute atomic E-state index is 9.44. The van der Waals surface area contributed by atoms with E-state index in [-0.39, 0.29) is 0 Å². The maximum Gasteiger partial charge on any atom is 0.115 e. The first-order valence-corrected chi connectivity index (χ1v) is 6.11. The van der Waals surface area contributed by atoms with Crippen LogP contribution in [-0.4, -0.2) is 36.8 Å². The minimum atomic E-state index is 0.332. The molecule has 1 aromatic carbocycles. The topological polar surface area (TPSA) is 32.7 Å². The highest BCUT2D eigenvalue weighted by molar-refractivity contribution is 5.26. The number of hydrogen-bond donors (Lipinski definition) is 1. The smallest absolute Gasteiger partial charge is 0.115 e. The molecule has 1 N–H and O–H groups in total. The van der Waals surface area contributed by atoms with Gasteiger partial charge in [-0.2, -0.15) is 0 Å². The van der Waals surface area contributed by atoms with Gasteiger partial charge >= 0.3 is 0 Å². The van der Waals surface area contributed by atoms with Crippen LogP contribution in [0.2, 0.25) is 0 Å². The van der Waals surface area contributed by atoms with Crippen LogP contribution in [0.4, 0.5) is 0 Å². The number of aromatic hydroxyl groups is 1. The van der Waals surface area contributed by atoms with Crippen molar-refractivity contribution in [3.8, 4) is 5.75 Å². The van der Waals surface area contributed by atoms with Crippen molar-refractivity contribution in [2.24, 2.45) is 5.92 Å². The molecule has 0 saturated heterocycles. The van der Waals surface area contributed by atoms with E-state index in [9.17, 15) is 5.11 Å². The summed E-state index contributed by atoms with van der Waals surface area (Å²) in [6.07, 6.45) is 0. The van der Waals surface area contributed by atoms with Crippen molar-refractivity contribution in [3.05, 3.63) is 29.8 Å². The molecule has 0 amide bonds. The van der Waals surface area contributed by atoms with Crippen molar-refractivity contribution in [2.45, 2.75) is 20.4 Å². The first-order valence-electron chi connectivity index (χ1n) is 6.11. The fourth-order valence-corrected chi connectivity index (χ4v) is 1.88. The summed E-state index contributed by atoms with van der Waals surface area (Å²) in [5, 5.41) is 9.44. The van der Waals surface area contributed by atoms with Crippen LogP contribution in [-0.2, 0) is 11.3 Å². The Kier molecular flexibility index (Phi) is 6.01. The Labute approximate surface area is 104 Å². The van der Waals surface area contributed by atoms with Crippen LogP contribution in [0.3, 0.4) is 0 Å². The number of ether oxygens (including phenoxy) is 1. The van der Waals surface area contributed by atoms with E-state index < -0.39 is 0 Å². The number of rotatable bonds is 7. The third kappa shape index (κ3) is 5.71. The van der Waals surface area contributed by atoms with Crippen LogP contribution in [0.1, 0.15) is 19.4 Å². The Hall–Kier alpha value is -1.06. The monoisotopic (exact) mass is 237 g/mol. The molecule has 0 spiro atoms. The zero-order valence-corrected chi connectivity index (χ0v) is 11.0. The normalized spacial score (nSPS) is 11.4. The molecule has 0 saturated carbocycles. The lowest BCUT2D eigenvalue weighted by Crippen LogP contribution is -2.30. The Morgan fingerprint density at radius 1 is 1.35 bits per heavy atom. The molecule has 3 heteroatoms. The Balaban J connectivity index is 2.58. The van der Waals surface area contributed by atoms with Gasteiger partial charge in [-0.05, 0) is 23.6 Å². The van der Waals surface area contributed by atoms with Crippen molar-refractivity contribution in [1.82, 2.24) is 4.90 Å². The van der Waals surface area contributed by atoms with Gasteiger partial charge in [-0.25, -0.2) is 0 Å². The molecular weight excluding hydrogens is 214 g/mol. The van der Waals surface area contributed by atoms with E-state index in [1.54, 1.807) is 13.2 Å². The van der Waals surface area contributed by atoms with Crippen LogP contribution in [0.15, 0.2) is 24.3 Å². The Morgan fingerprint density at radius 2 is 2.12 bits per heavy atom. The van der Waals surface area contributed by atoms with E-state index in [0.29, 0.717) is 11.7 Å². The van der Waals surface area contributed by atoms with Crippen LogP contribution >= 0.6 is 0 Å². The third-order valence-electron chi connectivity index (χ3n) is 2.55. The molecule has 0 heterocycles. The van der Waals surface area contributed by atoms with E-state index in [4.69, 9.17) is 4.74 Å². The molecule has 0 unspecified atom stereocenters. The Morgan fingerprint density at radius 3 is 2.71 bits per heavy atom. The highest BCUT2D eigenvalue weighted by Crippen LogP contribution is 2.13. The second kappa shape index (κ2) is 7.30. The third-order valence-corrected chi connectivity index (χ3v) is 2.55. The summed E-state index contributed by atoms with van der Waals surface area (Å²) in [7, 11) is 1.72. The summed E-state index contributed by atoms with van der Waals surface area (Å²) in [6, 6.07) is 7.44. The predicted molar refractivity (Wildman–Crippen MR) is 70.1 cm³/mol. The molecule has 0 aromatic heterocycles. The van der Waals surface area contributed by atoms with Crippen molar-refractivity contribution in [1.29, 1.82) is 0 Å². The van der Waals surface area contributed by atoms with Crippen LogP contribution in [0, 0.1) is 5.92 Å². The molecule has 17 heavy (non-hydrogen) atoms. The van der Waals surface area contributed by atoms with Gasteiger partial charge in [0.05, 0.1) is 6.61 Å². The molecule has 1 rings (SSSR count). The summed E-state index contributed by atoms with van der Waals surface area (Å²) in [6.45, 7) is 7.98. The quantitative estimate of drug-likeness (QED) is 0.791. The molecule has 0 aliphatic carbocycles. The van der Waals surface area contributed by atoms with Gasteiger partial charge < -0.3 is 9.84 Å². The van der Waals surface area contributed by atoms with Crippen molar-refractivity contribution >= 4 is 0 Å². The fraction of sp³-hybridized carbons (Fsp3) is 0.571. The number of benzene rings is 1. The van der Waals surface area contributed by atoms with Gasteiger partial charge in [0, 0.05) is 26.7 Å². The van der Waals surface area contributed by atoms with E-state index in [0.717, 1.165) is 31.8 Å². The van der Waals surface area contributed by atoms with Gasteiger partial charge in [0.1, 0.15) is 5.75 Å². The van der Waals surface area contributed by atoms with Gasteiger partial charge in [0.15, 0.2) is 0 Å². The zero-order valence-electron chi connectivity index (χ0n) is 11.0. The molecule has 96 valence electrons. The first kappa shape index (κ1) is 14.0. The van der Waals surface area contributed by atoms with Crippen LogP contribution in [0.25, 0.3) is 0 Å². The van der Waals surface area contributed by atoms with Crippen LogP contribution in [0.5, 0.6) is 5.75 Å². The lowest BCUT2D eigenvalue weighted by atomic mass is 10.1. The SMILES string of the molecule is COCCN(Cc1cccc(O)c1)CC(C)C. The van der Waals surface area contributed by atoms with Gasteiger partial charge in [-0.3, -0.25) is 4.90 Å². The molecule has 0 aliphatic heterocycles. The molecule has 0 radical (unpaired) electrons. The van der Waals surface area contributed by atoms with E-state index in [2.05, 4.69) is 18.7 Å². The molecule has 1 aromatic rings. The standard InChI is InChI=1S/C14H23NO2/c1-12(2)10-15(7-8-17-3)11-13-5-4-6-14(16)9-13/h4-6,9,12,16H,7-8,10-11H2,1-3H3. The second-order valence-electron chi connectivity index (χ2n) is 4.79. The first-order chi connectivity index (χ1) is 8.11. The van der Waals surface area contributed by atoms with Crippen LogP contribution < -0.4 is 0 Å². The highest BCUT2D eigenvalue weighted by atomic mass is 16.5. The minimum absolute atomic E-state index is 0.332.